The summed E-state index contributed by atoms with van der Waals surface area (Å²) in [6.45, 7) is 5.63. The molecule has 2 aromatic carbocycles. The second-order valence-corrected chi connectivity index (χ2v) is 7.57. The fourth-order valence-electron chi connectivity index (χ4n) is 2.65. The van der Waals surface area contributed by atoms with Crippen molar-refractivity contribution in [3.8, 4) is 11.5 Å². The third-order valence-electron chi connectivity index (χ3n) is 3.88. The number of aryl methyl sites for hydroxylation is 2. The van der Waals surface area contributed by atoms with Gasteiger partial charge < -0.3 is 9.73 Å². The van der Waals surface area contributed by atoms with E-state index in [-0.39, 0.29) is 16.6 Å². The van der Waals surface area contributed by atoms with Crippen LogP contribution in [0.1, 0.15) is 18.1 Å². The topological polar surface area (TPSA) is 111 Å². The molecule has 1 atom stereocenters. The van der Waals surface area contributed by atoms with Crippen LogP contribution in [0, 0.1) is 24.0 Å². The van der Waals surface area contributed by atoms with E-state index < -0.39 is 16.1 Å². The number of nitrogens with one attached hydrogen (secondary N) is 1. The van der Waals surface area contributed by atoms with Crippen LogP contribution < -0.4 is 5.32 Å². The number of nitro groups is 1. The number of para-hydroxylation sites is 2. The number of carbonyl (C=O) groups is 1. The Hall–Kier alpha value is -3.20. The van der Waals surface area contributed by atoms with Gasteiger partial charge in [0.15, 0.2) is 0 Å². The molecule has 28 heavy (non-hydrogen) atoms. The van der Waals surface area contributed by atoms with Gasteiger partial charge in [-0.25, -0.2) is 0 Å². The van der Waals surface area contributed by atoms with Gasteiger partial charge in [-0.15, -0.1) is 10.2 Å². The summed E-state index contributed by atoms with van der Waals surface area (Å²) in [7, 11) is 0. The second-order valence-electron chi connectivity index (χ2n) is 6.27. The minimum Gasteiger partial charge on any atom is -0.411 e. The van der Waals surface area contributed by atoms with E-state index in [9.17, 15) is 14.9 Å². The van der Waals surface area contributed by atoms with Gasteiger partial charge in [-0.3, -0.25) is 14.9 Å². The first-order valence-electron chi connectivity index (χ1n) is 8.46. The molecule has 0 spiro atoms. The standard InChI is InChI=1S/C19H18N4O4S/c1-11-8-12(2)10-14(9-11)18-21-22-19(27-18)28-13(3)17(24)20-15-6-4-5-7-16(15)23(25)26/h4-10,13H,1-3H3,(H,20,24)/t13-/m1/s1. The molecular formula is C19H18N4O4S. The molecule has 0 radical (unpaired) electrons. The number of benzene rings is 2. The van der Waals surface area contributed by atoms with E-state index in [0.717, 1.165) is 28.5 Å². The Bertz CT molecular complexity index is 1010. The van der Waals surface area contributed by atoms with E-state index >= 15 is 0 Å². The smallest absolute Gasteiger partial charge is 0.292 e. The minimum atomic E-state index is -0.590. The summed E-state index contributed by atoms with van der Waals surface area (Å²) < 4.78 is 5.67. The van der Waals surface area contributed by atoms with Crippen molar-refractivity contribution in [1.82, 2.24) is 10.2 Å². The van der Waals surface area contributed by atoms with Gasteiger partial charge in [0.25, 0.3) is 10.9 Å². The molecule has 0 saturated heterocycles. The van der Waals surface area contributed by atoms with Crippen molar-refractivity contribution in [2.75, 3.05) is 5.32 Å². The number of thioether (sulfide) groups is 1. The highest BCUT2D eigenvalue weighted by Crippen LogP contribution is 2.29. The number of carbonyl (C=O) groups excluding carboxylic acids is 1. The number of amides is 1. The van der Waals surface area contributed by atoms with Crippen LogP contribution in [0.3, 0.4) is 0 Å². The number of rotatable bonds is 6. The Morgan fingerprint density at radius 2 is 1.86 bits per heavy atom. The molecular weight excluding hydrogens is 380 g/mol. The third-order valence-corrected chi connectivity index (χ3v) is 4.81. The summed E-state index contributed by atoms with van der Waals surface area (Å²) in [4.78, 5) is 22.9. The lowest BCUT2D eigenvalue weighted by Gasteiger charge is -2.10. The third kappa shape index (κ3) is 4.55. The first-order chi connectivity index (χ1) is 13.3. The van der Waals surface area contributed by atoms with Crippen molar-refractivity contribution in [2.24, 2.45) is 0 Å². The molecule has 1 amide bonds. The first kappa shape index (κ1) is 19.6. The van der Waals surface area contributed by atoms with E-state index in [4.69, 9.17) is 4.42 Å². The molecule has 0 unspecified atom stereocenters. The zero-order valence-electron chi connectivity index (χ0n) is 15.5. The van der Waals surface area contributed by atoms with Crippen molar-refractivity contribution < 1.29 is 14.1 Å². The largest absolute Gasteiger partial charge is 0.411 e. The Kier molecular flexibility index (Phi) is 5.74. The molecule has 3 aromatic rings. The summed E-state index contributed by atoms with van der Waals surface area (Å²) in [6, 6.07) is 11.9. The fraction of sp³-hybridized carbons (Fsp3) is 0.211. The molecule has 1 N–H and O–H groups in total. The van der Waals surface area contributed by atoms with Crippen LogP contribution in [-0.2, 0) is 4.79 Å². The van der Waals surface area contributed by atoms with Crippen LogP contribution in [0.25, 0.3) is 11.5 Å². The maximum Gasteiger partial charge on any atom is 0.292 e. The van der Waals surface area contributed by atoms with Gasteiger partial charge in [0, 0.05) is 11.6 Å². The molecule has 0 aliphatic carbocycles. The van der Waals surface area contributed by atoms with E-state index in [1.807, 2.05) is 32.0 Å². The van der Waals surface area contributed by atoms with Gasteiger partial charge in [-0.2, -0.15) is 0 Å². The van der Waals surface area contributed by atoms with Crippen molar-refractivity contribution >= 4 is 29.0 Å². The van der Waals surface area contributed by atoms with Crippen LogP contribution in [0.15, 0.2) is 52.1 Å². The molecule has 0 fully saturated rings. The number of nitro benzene ring substituents is 1. The lowest BCUT2D eigenvalue weighted by molar-refractivity contribution is -0.383. The van der Waals surface area contributed by atoms with E-state index in [1.165, 1.54) is 12.1 Å². The Labute approximate surface area is 165 Å². The molecule has 0 bridgehead atoms. The number of hydrogen-bond acceptors (Lipinski definition) is 7. The van der Waals surface area contributed by atoms with Crippen molar-refractivity contribution in [3.05, 3.63) is 63.7 Å². The van der Waals surface area contributed by atoms with Crippen LogP contribution in [0.2, 0.25) is 0 Å². The summed E-state index contributed by atoms with van der Waals surface area (Å²) in [5, 5.41) is 21.3. The molecule has 0 aliphatic heterocycles. The van der Waals surface area contributed by atoms with Crippen molar-refractivity contribution in [1.29, 1.82) is 0 Å². The summed E-state index contributed by atoms with van der Waals surface area (Å²) in [6.07, 6.45) is 0. The average Bonchev–Trinajstić information content (AvgIpc) is 3.09. The van der Waals surface area contributed by atoms with Crippen LogP contribution in [0.4, 0.5) is 11.4 Å². The zero-order valence-corrected chi connectivity index (χ0v) is 16.3. The lowest BCUT2D eigenvalue weighted by atomic mass is 10.1. The van der Waals surface area contributed by atoms with Crippen molar-refractivity contribution in [2.45, 2.75) is 31.2 Å². The lowest BCUT2D eigenvalue weighted by Crippen LogP contribution is -2.22. The number of aromatic nitrogens is 2. The summed E-state index contributed by atoms with van der Waals surface area (Å²) in [5.74, 6) is -0.0222. The molecule has 3 rings (SSSR count). The summed E-state index contributed by atoms with van der Waals surface area (Å²) in [5.41, 5.74) is 2.96. The molecule has 0 aliphatic rings. The fourth-order valence-corrected chi connectivity index (χ4v) is 3.33. The van der Waals surface area contributed by atoms with Crippen LogP contribution in [-0.4, -0.2) is 26.3 Å². The number of nitrogens with zero attached hydrogens (tertiary/aromatic N) is 3. The van der Waals surface area contributed by atoms with Crippen molar-refractivity contribution in [3.63, 3.8) is 0 Å². The Balaban J connectivity index is 1.70. The van der Waals surface area contributed by atoms with E-state index in [2.05, 4.69) is 15.5 Å². The van der Waals surface area contributed by atoms with Gasteiger partial charge in [-0.05, 0) is 39.0 Å². The molecule has 0 saturated carbocycles. The molecule has 1 aromatic heterocycles. The second kappa shape index (κ2) is 8.22. The quantitative estimate of drug-likeness (QED) is 0.372. The molecule has 8 nitrogen and oxygen atoms in total. The predicted molar refractivity (Wildman–Crippen MR) is 106 cm³/mol. The predicted octanol–water partition coefficient (Wildman–Crippen LogP) is 4.38. The Morgan fingerprint density at radius 3 is 2.54 bits per heavy atom. The maximum absolute atomic E-state index is 12.4. The highest BCUT2D eigenvalue weighted by molar-refractivity contribution is 8.00. The molecule has 9 heteroatoms. The normalized spacial score (nSPS) is 11.8. The van der Waals surface area contributed by atoms with Gasteiger partial charge in [0.05, 0.1) is 10.2 Å². The Morgan fingerprint density at radius 1 is 1.18 bits per heavy atom. The van der Waals surface area contributed by atoms with Gasteiger partial charge in [0.1, 0.15) is 5.69 Å². The molecule has 144 valence electrons. The number of hydrogen-bond donors (Lipinski definition) is 1. The summed E-state index contributed by atoms with van der Waals surface area (Å²) >= 11 is 1.09. The highest BCUT2D eigenvalue weighted by Gasteiger charge is 2.22. The van der Waals surface area contributed by atoms with Crippen LogP contribution in [0.5, 0.6) is 0 Å². The van der Waals surface area contributed by atoms with Crippen LogP contribution >= 0.6 is 11.8 Å². The monoisotopic (exact) mass is 398 g/mol. The maximum atomic E-state index is 12.4. The molecule has 1 heterocycles. The zero-order chi connectivity index (χ0) is 20.3. The minimum absolute atomic E-state index is 0.145. The SMILES string of the molecule is Cc1cc(C)cc(-c2nnc(S[C@H](C)C(=O)Nc3ccccc3[N+](=O)[O-])o2)c1. The average molecular weight is 398 g/mol. The first-order valence-corrected chi connectivity index (χ1v) is 9.34. The van der Waals surface area contributed by atoms with Gasteiger partial charge in [0.2, 0.25) is 11.8 Å². The number of anilines is 1. The van der Waals surface area contributed by atoms with E-state index in [1.54, 1.807) is 19.1 Å². The van der Waals surface area contributed by atoms with Gasteiger partial charge >= 0.3 is 0 Å². The van der Waals surface area contributed by atoms with Gasteiger partial charge in [-0.1, -0.05) is 41.1 Å². The van der Waals surface area contributed by atoms with E-state index in [0.29, 0.717) is 5.89 Å². The highest BCUT2D eigenvalue weighted by atomic mass is 32.2.